The number of nitrogens with zero attached hydrogens (tertiary/aromatic N) is 3. The summed E-state index contributed by atoms with van der Waals surface area (Å²) in [6, 6.07) is 7.50. The van der Waals surface area contributed by atoms with Crippen LogP contribution in [0.15, 0.2) is 18.2 Å². The third kappa shape index (κ3) is 3.44. The van der Waals surface area contributed by atoms with Gasteiger partial charge in [0.1, 0.15) is 0 Å². The third-order valence-corrected chi connectivity index (χ3v) is 3.53. The van der Waals surface area contributed by atoms with Gasteiger partial charge in [0.25, 0.3) is 0 Å². The molecule has 0 spiro atoms. The minimum absolute atomic E-state index is 0.600. The Morgan fingerprint density at radius 1 is 1.33 bits per heavy atom. The maximum atomic E-state index is 8.77. The standard InChI is InChI=1S/C13H17ClN4/c1-17-4-6-18(7-5-17)16-10-12-3-2-11(9-15)8-13(12)14/h2-3,8,16H,4-7,10H2,1H3. The van der Waals surface area contributed by atoms with E-state index in [1.165, 1.54) is 0 Å². The molecule has 1 heterocycles. The van der Waals surface area contributed by atoms with Crippen LogP contribution >= 0.6 is 11.6 Å². The SMILES string of the molecule is CN1CCN(NCc2ccc(C#N)cc2Cl)CC1. The van der Waals surface area contributed by atoms with Gasteiger partial charge in [-0.2, -0.15) is 5.26 Å². The summed E-state index contributed by atoms with van der Waals surface area (Å²) in [4.78, 5) is 2.31. The molecule has 0 radical (unpaired) electrons. The molecule has 96 valence electrons. The second kappa shape index (κ2) is 6.17. The van der Waals surface area contributed by atoms with Gasteiger partial charge in [0, 0.05) is 37.7 Å². The lowest BCUT2D eigenvalue weighted by Gasteiger charge is -2.32. The zero-order chi connectivity index (χ0) is 13.0. The van der Waals surface area contributed by atoms with E-state index in [0.717, 1.165) is 31.7 Å². The molecule has 1 fully saturated rings. The Balaban J connectivity index is 1.89. The highest BCUT2D eigenvalue weighted by molar-refractivity contribution is 6.31. The van der Waals surface area contributed by atoms with E-state index in [4.69, 9.17) is 16.9 Å². The predicted molar refractivity (Wildman–Crippen MR) is 72.1 cm³/mol. The molecule has 0 amide bonds. The van der Waals surface area contributed by atoms with Crippen molar-refractivity contribution in [3.05, 3.63) is 34.3 Å². The molecule has 5 heteroatoms. The molecule has 1 aliphatic heterocycles. The largest absolute Gasteiger partial charge is 0.304 e. The van der Waals surface area contributed by atoms with E-state index in [9.17, 15) is 0 Å². The quantitative estimate of drug-likeness (QED) is 0.898. The smallest absolute Gasteiger partial charge is 0.0992 e. The normalized spacial score (nSPS) is 17.6. The van der Waals surface area contributed by atoms with Gasteiger partial charge in [-0.15, -0.1) is 0 Å². The van der Waals surface area contributed by atoms with E-state index >= 15 is 0 Å². The first-order valence-corrected chi connectivity index (χ1v) is 6.42. The summed E-state index contributed by atoms with van der Waals surface area (Å²) >= 11 is 6.13. The van der Waals surface area contributed by atoms with Gasteiger partial charge in [-0.25, -0.2) is 5.01 Å². The van der Waals surface area contributed by atoms with Crippen molar-refractivity contribution < 1.29 is 0 Å². The lowest BCUT2D eigenvalue weighted by molar-refractivity contribution is 0.102. The van der Waals surface area contributed by atoms with Crippen LogP contribution in [-0.2, 0) is 6.54 Å². The van der Waals surface area contributed by atoms with Crippen molar-refractivity contribution in [2.75, 3.05) is 33.2 Å². The van der Waals surface area contributed by atoms with E-state index in [1.807, 2.05) is 6.07 Å². The summed E-state index contributed by atoms with van der Waals surface area (Å²) in [6.45, 7) is 4.89. The van der Waals surface area contributed by atoms with Gasteiger partial charge < -0.3 is 4.90 Å². The molecule has 1 aliphatic rings. The first-order chi connectivity index (χ1) is 8.69. The second-order valence-corrected chi connectivity index (χ2v) is 4.95. The van der Waals surface area contributed by atoms with Gasteiger partial charge in [-0.05, 0) is 24.7 Å². The molecule has 18 heavy (non-hydrogen) atoms. The van der Waals surface area contributed by atoms with Crippen LogP contribution in [-0.4, -0.2) is 43.1 Å². The van der Waals surface area contributed by atoms with Crippen molar-refractivity contribution in [2.45, 2.75) is 6.54 Å². The van der Waals surface area contributed by atoms with Gasteiger partial charge in [0.05, 0.1) is 11.6 Å². The van der Waals surface area contributed by atoms with Crippen LogP contribution in [0.2, 0.25) is 5.02 Å². The molecule has 2 rings (SSSR count). The average Bonchev–Trinajstić information content (AvgIpc) is 2.39. The van der Waals surface area contributed by atoms with Crippen LogP contribution in [0.3, 0.4) is 0 Å². The summed E-state index contributed by atoms with van der Waals surface area (Å²) in [5, 5.41) is 11.6. The van der Waals surface area contributed by atoms with Crippen LogP contribution in [0.5, 0.6) is 0 Å². The Labute approximate surface area is 113 Å². The number of piperazine rings is 1. The summed E-state index contributed by atoms with van der Waals surface area (Å²) in [7, 11) is 2.13. The van der Waals surface area contributed by atoms with Crippen LogP contribution in [0.4, 0.5) is 0 Å². The van der Waals surface area contributed by atoms with Crippen molar-refractivity contribution in [2.24, 2.45) is 0 Å². The molecule has 1 aromatic carbocycles. The zero-order valence-electron chi connectivity index (χ0n) is 10.5. The van der Waals surface area contributed by atoms with Gasteiger partial charge >= 0.3 is 0 Å². The van der Waals surface area contributed by atoms with E-state index in [2.05, 4.69) is 28.5 Å². The Hall–Kier alpha value is -1.12. The van der Waals surface area contributed by atoms with E-state index in [-0.39, 0.29) is 0 Å². The highest BCUT2D eigenvalue weighted by atomic mass is 35.5. The highest BCUT2D eigenvalue weighted by Crippen LogP contribution is 2.17. The second-order valence-electron chi connectivity index (χ2n) is 4.54. The Bertz CT molecular complexity index is 447. The molecule has 0 aliphatic carbocycles. The first kappa shape index (κ1) is 13.3. The topological polar surface area (TPSA) is 42.3 Å². The lowest BCUT2D eigenvalue weighted by Crippen LogP contribution is -2.50. The molecular formula is C13H17ClN4. The molecule has 1 N–H and O–H groups in total. The predicted octanol–water partition coefficient (Wildman–Crippen LogP) is 1.46. The summed E-state index contributed by atoms with van der Waals surface area (Å²) < 4.78 is 0. The summed E-state index contributed by atoms with van der Waals surface area (Å²) in [6.07, 6.45) is 0. The van der Waals surface area contributed by atoms with Crippen molar-refractivity contribution >= 4 is 11.6 Å². The summed E-state index contributed by atoms with van der Waals surface area (Å²) in [5.74, 6) is 0. The van der Waals surface area contributed by atoms with E-state index in [1.54, 1.807) is 12.1 Å². The number of hydrogen-bond donors (Lipinski definition) is 1. The Kier molecular flexibility index (Phi) is 4.56. The molecular weight excluding hydrogens is 248 g/mol. The van der Waals surface area contributed by atoms with E-state index in [0.29, 0.717) is 17.1 Å². The average molecular weight is 265 g/mol. The van der Waals surface area contributed by atoms with Gasteiger partial charge in [-0.3, -0.25) is 5.43 Å². The van der Waals surface area contributed by atoms with Crippen molar-refractivity contribution in [3.8, 4) is 6.07 Å². The fraction of sp³-hybridized carbons (Fsp3) is 0.462. The molecule has 0 unspecified atom stereocenters. The zero-order valence-corrected chi connectivity index (χ0v) is 11.2. The summed E-state index contributed by atoms with van der Waals surface area (Å²) in [5.41, 5.74) is 5.00. The lowest BCUT2D eigenvalue weighted by atomic mass is 10.1. The molecule has 0 atom stereocenters. The molecule has 0 aromatic heterocycles. The van der Waals surface area contributed by atoms with E-state index < -0.39 is 0 Å². The third-order valence-electron chi connectivity index (χ3n) is 3.18. The van der Waals surface area contributed by atoms with Crippen molar-refractivity contribution in [1.82, 2.24) is 15.3 Å². The maximum Gasteiger partial charge on any atom is 0.0992 e. The van der Waals surface area contributed by atoms with Crippen LogP contribution < -0.4 is 5.43 Å². The van der Waals surface area contributed by atoms with Crippen LogP contribution in [0, 0.1) is 11.3 Å². The Morgan fingerprint density at radius 3 is 2.67 bits per heavy atom. The number of likely N-dealkylation sites (N-methyl/N-ethyl adjacent to an activating group) is 1. The van der Waals surface area contributed by atoms with Crippen molar-refractivity contribution in [3.63, 3.8) is 0 Å². The molecule has 1 aromatic rings. The van der Waals surface area contributed by atoms with Crippen molar-refractivity contribution in [1.29, 1.82) is 5.26 Å². The molecule has 0 bridgehead atoms. The number of nitrogens with one attached hydrogen (secondary N) is 1. The number of benzene rings is 1. The fourth-order valence-corrected chi connectivity index (χ4v) is 2.17. The van der Waals surface area contributed by atoms with Gasteiger partial charge in [0.2, 0.25) is 0 Å². The molecule has 1 saturated heterocycles. The number of rotatable bonds is 3. The first-order valence-electron chi connectivity index (χ1n) is 6.04. The maximum absolute atomic E-state index is 8.77. The highest BCUT2D eigenvalue weighted by Gasteiger charge is 2.13. The Morgan fingerprint density at radius 2 is 2.06 bits per heavy atom. The van der Waals surface area contributed by atoms with Gasteiger partial charge in [0.15, 0.2) is 0 Å². The number of hydrogen-bond acceptors (Lipinski definition) is 4. The number of hydrazine groups is 1. The fourth-order valence-electron chi connectivity index (χ4n) is 1.92. The minimum Gasteiger partial charge on any atom is -0.304 e. The number of nitriles is 1. The molecule has 4 nitrogen and oxygen atoms in total. The minimum atomic E-state index is 0.600. The monoisotopic (exact) mass is 264 g/mol. The van der Waals surface area contributed by atoms with Crippen LogP contribution in [0.25, 0.3) is 0 Å². The van der Waals surface area contributed by atoms with Crippen LogP contribution in [0.1, 0.15) is 11.1 Å². The number of halogens is 1. The molecule has 0 saturated carbocycles. The van der Waals surface area contributed by atoms with Gasteiger partial charge in [-0.1, -0.05) is 17.7 Å².